The number of nitrogens with zero attached hydrogens (tertiary/aromatic N) is 2. The maximum atomic E-state index is 12.6. The number of carbonyl (C=O) groups is 1. The topological polar surface area (TPSA) is 23.6 Å². The lowest BCUT2D eigenvalue weighted by Crippen LogP contribution is -2.40. The van der Waals surface area contributed by atoms with E-state index >= 15 is 0 Å². The van der Waals surface area contributed by atoms with Gasteiger partial charge in [-0.05, 0) is 63.4 Å². The Hall–Kier alpha value is -1.32. The van der Waals surface area contributed by atoms with Crippen LogP contribution in [-0.2, 0) is 11.3 Å². The summed E-state index contributed by atoms with van der Waals surface area (Å²) in [6.07, 6.45) is 4.26. The van der Waals surface area contributed by atoms with Gasteiger partial charge in [0.1, 0.15) is 0 Å². The molecule has 1 fully saturated rings. The van der Waals surface area contributed by atoms with E-state index in [1.807, 2.05) is 43.0 Å². The molecular weight excluding hydrogens is 320 g/mol. The zero-order valence-electron chi connectivity index (χ0n) is 15.1. The fraction of sp³-hybridized carbons (Fsp3) is 0.550. The van der Waals surface area contributed by atoms with E-state index in [2.05, 4.69) is 11.8 Å². The summed E-state index contributed by atoms with van der Waals surface area (Å²) in [5.41, 5.74) is 2.15. The molecule has 1 amide bonds. The maximum Gasteiger partial charge on any atom is 0.246 e. The van der Waals surface area contributed by atoms with E-state index in [1.165, 1.54) is 12.8 Å². The van der Waals surface area contributed by atoms with Gasteiger partial charge in [0.05, 0.1) is 0 Å². The van der Waals surface area contributed by atoms with Gasteiger partial charge in [-0.1, -0.05) is 36.2 Å². The first kappa shape index (κ1) is 19.0. The van der Waals surface area contributed by atoms with Crippen molar-refractivity contribution in [1.29, 1.82) is 0 Å². The predicted octanol–water partition coefficient (Wildman–Crippen LogP) is 4.37. The Kier molecular flexibility index (Phi) is 7.32. The molecule has 0 saturated carbocycles. The predicted molar refractivity (Wildman–Crippen MR) is 101 cm³/mol. The van der Waals surface area contributed by atoms with Crippen molar-refractivity contribution in [1.82, 2.24) is 9.80 Å². The lowest BCUT2D eigenvalue weighted by atomic mass is 9.99. The van der Waals surface area contributed by atoms with Crippen molar-refractivity contribution in [2.75, 3.05) is 26.2 Å². The van der Waals surface area contributed by atoms with Crippen LogP contribution in [-0.4, -0.2) is 41.9 Å². The number of carbonyl (C=O) groups excluding carboxylic acids is 1. The number of hydrogen-bond acceptors (Lipinski definition) is 2. The van der Waals surface area contributed by atoms with Crippen LogP contribution in [0.15, 0.2) is 35.9 Å². The molecule has 2 rings (SSSR count). The van der Waals surface area contributed by atoms with E-state index < -0.39 is 0 Å². The molecule has 0 bridgehead atoms. The second kappa shape index (κ2) is 9.24. The lowest BCUT2D eigenvalue weighted by Gasteiger charge is -2.32. The molecular formula is C20H29ClN2O. The van der Waals surface area contributed by atoms with Crippen LogP contribution in [0.1, 0.15) is 39.2 Å². The van der Waals surface area contributed by atoms with Crippen LogP contribution in [0.5, 0.6) is 0 Å². The second-order valence-electron chi connectivity index (χ2n) is 7.13. The van der Waals surface area contributed by atoms with Crippen LogP contribution < -0.4 is 0 Å². The van der Waals surface area contributed by atoms with E-state index in [0.29, 0.717) is 6.54 Å². The third kappa shape index (κ3) is 6.29. The summed E-state index contributed by atoms with van der Waals surface area (Å²) >= 11 is 5.96. The highest BCUT2D eigenvalue weighted by Crippen LogP contribution is 2.16. The Morgan fingerprint density at radius 1 is 1.25 bits per heavy atom. The molecule has 1 heterocycles. The molecule has 1 saturated heterocycles. The fourth-order valence-corrected chi connectivity index (χ4v) is 3.09. The molecule has 0 N–H and O–H groups in total. The summed E-state index contributed by atoms with van der Waals surface area (Å²) in [5.74, 6) is 0.925. The number of piperidine rings is 1. The summed E-state index contributed by atoms with van der Waals surface area (Å²) in [7, 11) is 0. The first-order valence-electron chi connectivity index (χ1n) is 8.84. The molecule has 1 aromatic carbocycles. The molecule has 0 spiro atoms. The van der Waals surface area contributed by atoms with E-state index in [9.17, 15) is 4.79 Å². The molecule has 132 valence electrons. The molecule has 1 aliphatic rings. The largest absolute Gasteiger partial charge is 0.334 e. The second-order valence-corrected chi connectivity index (χ2v) is 7.57. The summed E-state index contributed by atoms with van der Waals surface area (Å²) in [4.78, 5) is 17.0. The number of allylic oxidation sites excluding steroid dienone is 1. The SMILES string of the molecule is CC(C)=CC(=O)N(CCN1CCC(C)CC1)Cc1ccc(Cl)cc1. The smallest absolute Gasteiger partial charge is 0.246 e. The highest BCUT2D eigenvalue weighted by Gasteiger charge is 2.18. The van der Waals surface area contributed by atoms with E-state index in [-0.39, 0.29) is 5.91 Å². The number of hydrogen-bond donors (Lipinski definition) is 0. The number of benzene rings is 1. The fourth-order valence-electron chi connectivity index (χ4n) is 2.96. The van der Waals surface area contributed by atoms with Crippen molar-refractivity contribution >= 4 is 17.5 Å². The Labute approximate surface area is 151 Å². The zero-order chi connectivity index (χ0) is 17.5. The first-order valence-corrected chi connectivity index (χ1v) is 9.22. The number of halogens is 1. The molecule has 1 aromatic rings. The third-order valence-corrected chi connectivity index (χ3v) is 4.82. The minimum absolute atomic E-state index is 0.0929. The zero-order valence-corrected chi connectivity index (χ0v) is 15.9. The van der Waals surface area contributed by atoms with Gasteiger partial charge in [0, 0.05) is 30.7 Å². The summed E-state index contributed by atoms with van der Waals surface area (Å²) in [5, 5.41) is 0.725. The summed E-state index contributed by atoms with van der Waals surface area (Å²) < 4.78 is 0. The Morgan fingerprint density at radius 2 is 1.88 bits per heavy atom. The monoisotopic (exact) mass is 348 g/mol. The average Bonchev–Trinajstić information content (AvgIpc) is 2.54. The van der Waals surface area contributed by atoms with Gasteiger partial charge in [0.15, 0.2) is 0 Å². The van der Waals surface area contributed by atoms with Crippen molar-refractivity contribution in [2.24, 2.45) is 5.92 Å². The van der Waals surface area contributed by atoms with Gasteiger partial charge < -0.3 is 9.80 Å². The van der Waals surface area contributed by atoms with Crippen molar-refractivity contribution in [3.05, 3.63) is 46.5 Å². The quantitative estimate of drug-likeness (QED) is 0.713. The minimum Gasteiger partial charge on any atom is -0.334 e. The van der Waals surface area contributed by atoms with E-state index in [1.54, 1.807) is 6.08 Å². The molecule has 0 aromatic heterocycles. The van der Waals surface area contributed by atoms with Gasteiger partial charge in [-0.2, -0.15) is 0 Å². The van der Waals surface area contributed by atoms with Crippen molar-refractivity contribution in [3.8, 4) is 0 Å². The summed E-state index contributed by atoms with van der Waals surface area (Å²) in [6, 6.07) is 7.75. The van der Waals surface area contributed by atoms with Crippen molar-refractivity contribution in [2.45, 2.75) is 40.2 Å². The third-order valence-electron chi connectivity index (χ3n) is 4.57. The van der Waals surface area contributed by atoms with Gasteiger partial charge in [0.2, 0.25) is 5.91 Å². The molecule has 0 aliphatic carbocycles. The normalized spacial score (nSPS) is 16.0. The Balaban J connectivity index is 1.98. The molecule has 24 heavy (non-hydrogen) atoms. The van der Waals surface area contributed by atoms with Crippen LogP contribution >= 0.6 is 11.6 Å². The van der Waals surface area contributed by atoms with Crippen LogP contribution in [0, 0.1) is 5.92 Å². The van der Waals surface area contributed by atoms with Crippen molar-refractivity contribution < 1.29 is 4.79 Å². The van der Waals surface area contributed by atoms with Gasteiger partial charge in [-0.3, -0.25) is 4.79 Å². The van der Waals surface area contributed by atoms with Gasteiger partial charge in [0.25, 0.3) is 0 Å². The highest BCUT2D eigenvalue weighted by molar-refractivity contribution is 6.30. The number of amides is 1. The number of likely N-dealkylation sites (tertiary alicyclic amines) is 1. The molecule has 0 radical (unpaired) electrons. The molecule has 1 aliphatic heterocycles. The van der Waals surface area contributed by atoms with Crippen LogP contribution in [0.4, 0.5) is 0 Å². The lowest BCUT2D eigenvalue weighted by molar-refractivity contribution is -0.127. The van der Waals surface area contributed by atoms with Gasteiger partial charge in [-0.15, -0.1) is 0 Å². The standard InChI is InChI=1S/C20H29ClN2O/c1-16(2)14-20(24)23(15-18-4-6-19(21)7-5-18)13-12-22-10-8-17(3)9-11-22/h4-7,14,17H,8-13,15H2,1-3H3. The van der Waals surface area contributed by atoms with Crippen LogP contribution in [0.3, 0.4) is 0 Å². The Morgan fingerprint density at radius 3 is 2.46 bits per heavy atom. The van der Waals surface area contributed by atoms with Gasteiger partial charge >= 0.3 is 0 Å². The van der Waals surface area contributed by atoms with Crippen LogP contribution in [0.2, 0.25) is 5.02 Å². The van der Waals surface area contributed by atoms with Crippen molar-refractivity contribution in [3.63, 3.8) is 0 Å². The summed E-state index contributed by atoms with van der Waals surface area (Å²) in [6.45, 7) is 10.9. The average molecular weight is 349 g/mol. The number of rotatable bonds is 6. The molecule has 0 atom stereocenters. The molecule has 3 nitrogen and oxygen atoms in total. The minimum atomic E-state index is 0.0929. The molecule has 0 unspecified atom stereocenters. The van der Waals surface area contributed by atoms with Crippen LogP contribution in [0.25, 0.3) is 0 Å². The highest BCUT2D eigenvalue weighted by atomic mass is 35.5. The van der Waals surface area contributed by atoms with E-state index in [4.69, 9.17) is 11.6 Å². The Bertz CT molecular complexity index is 556. The first-order chi connectivity index (χ1) is 11.4. The molecule has 4 heteroatoms. The maximum absolute atomic E-state index is 12.6. The van der Waals surface area contributed by atoms with Gasteiger partial charge in [-0.25, -0.2) is 0 Å². The van der Waals surface area contributed by atoms with E-state index in [0.717, 1.165) is 48.3 Å².